The highest BCUT2D eigenvalue weighted by Crippen LogP contribution is 2.30. The SMILES string of the molecule is Cc1[nH]c2c(C)c(Cl)ccc2c1C(=O)CCC(=O)O. The molecule has 0 bridgehead atoms. The number of aromatic nitrogens is 1. The summed E-state index contributed by atoms with van der Waals surface area (Å²) in [5.41, 5.74) is 3.04. The molecule has 0 unspecified atom stereocenters. The molecule has 2 rings (SSSR count). The zero-order valence-corrected chi connectivity index (χ0v) is 11.5. The van der Waals surface area contributed by atoms with Crippen LogP contribution in [0.25, 0.3) is 10.9 Å². The van der Waals surface area contributed by atoms with Crippen LogP contribution in [-0.4, -0.2) is 21.8 Å². The maximum Gasteiger partial charge on any atom is 0.303 e. The highest BCUT2D eigenvalue weighted by Gasteiger charge is 2.18. The summed E-state index contributed by atoms with van der Waals surface area (Å²) < 4.78 is 0. The summed E-state index contributed by atoms with van der Waals surface area (Å²) >= 11 is 6.05. The number of aliphatic carboxylic acids is 1. The van der Waals surface area contributed by atoms with Gasteiger partial charge in [-0.2, -0.15) is 0 Å². The van der Waals surface area contributed by atoms with Gasteiger partial charge in [0.25, 0.3) is 0 Å². The first-order valence-electron chi connectivity index (χ1n) is 5.94. The molecule has 5 heteroatoms. The van der Waals surface area contributed by atoms with E-state index in [-0.39, 0.29) is 18.6 Å². The summed E-state index contributed by atoms with van der Waals surface area (Å²) in [6.07, 6.45) is -0.150. The standard InChI is InChI=1S/C14H14ClNO3/c1-7-10(15)4-3-9-13(8(2)16-14(7)9)11(17)5-6-12(18)19/h3-4,16H,5-6H2,1-2H3,(H,18,19). The van der Waals surface area contributed by atoms with Gasteiger partial charge in [0.15, 0.2) is 5.78 Å². The number of benzene rings is 1. The number of fused-ring (bicyclic) bond motifs is 1. The first kappa shape index (κ1) is 13.6. The molecule has 2 N–H and O–H groups in total. The van der Waals surface area contributed by atoms with Crippen molar-refractivity contribution >= 4 is 34.3 Å². The lowest BCUT2D eigenvalue weighted by Gasteiger charge is -2.01. The number of Topliss-reactive ketones (excluding diaryl/α,β-unsaturated/α-hetero) is 1. The summed E-state index contributed by atoms with van der Waals surface area (Å²) in [7, 11) is 0. The molecule has 0 aliphatic rings. The number of halogens is 1. The first-order valence-corrected chi connectivity index (χ1v) is 6.32. The van der Waals surface area contributed by atoms with Crippen molar-refractivity contribution in [1.82, 2.24) is 4.98 Å². The number of hydrogen-bond acceptors (Lipinski definition) is 2. The van der Waals surface area contributed by atoms with E-state index in [1.165, 1.54) is 0 Å². The largest absolute Gasteiger partial charge is 0.481 e. The Bertz CT molecular complexity index is 673. The number of carboxylic acids is 1. The Morgan fingerprint density at radius 1 is 1.26 bits per heavy atom. The number of nitrogens with one attached hydrogen (secondary N) is 1. The van der Waals surface area contributed by atoms with Crippen molar-refractivity contribution in [2.24, 2.45) is 0 Å². The Balaban J connectivity index is 2.49. The average Bonchev–Trinajstić information content (AvgIpc) is 2.68. The maximum atomic E-state index is 12.1. The maximum absolute atomic E-state index is 12.1. The van der Waals surface area contributed by atoms with E-state index in [0.29, 0.717) is 10.6 Å². The second kappa shape index (κ2) is 5.05. The lowest BCUT2D eigenvalue weighted by Crippen LogP contribution is -2.04. The minimum atomic E-state index is -0.968. The Morgan fingerprint density at radius 2 is 1.95 bits per heavy atom. The molecule has 1 aromatic heterocycles. The number of hydrogen-bond donors (Lipinski definition) is 2. The third-order valence-electron chi connectivity index (χ3n) is 3.20. The van der Waals surface area contributed by atoms with Gasteiger partial charge in [-0.05, 0) is 25.5 Å². The van der Waals surface area contributed by atoms with Crippen molar-refractivity contribution in [3.05, 3.63) is 34.0 Å². The predicted octanol–water partition coefficient (Wildman–Crippen LogP) is 3.49. The second-order valence-corrected chi connectivity index (χ2v) is 4.94. The van der Waals surface area contributed by atoms with Crippen molar-refractivity contribution in [2.75, 3.05) is 0 Å². The van der Waals surface area contributed by atoms with Gasteiger partial charge in [0.05, 0.1) is 11.9 Å². The van der Waals surface area contributed by atoms with Crippen LogP contribution >= 0.6 is 11.6 Å². The molecule has 4 nitrogen and oxygen atoms in total. The Morgan fingerprint density at radius 3 is 2.58 bits per heavy atom. The molecule has 0 saturated heterocycles. The van der Waals surface area contributed by atoms with E-state index in [1.807, 2.05) is 6.92 Å². The number of aryl methyl sites for hydroxylation is 2. The van der Waals surface area contributed by atoms with Crippen LogP contribution in [-0.2, 0) is 4.79 Å². The molecule has 0 amide bonds. The Kier molecular flexibility index (Phi) is 3.62. The van der Waals surface area contributed by atoms with E-state index in [1.54, 1.807) is 19.1 Å². The number of ketones is 1. The first-order chi connectivity index (χ1) is 8.91. The van der Waals surface area contributed by atoms with Gasteiger partial charge in [0.1, 0.15) is 0 Å². The molecule has 0 spiro atoms. The van der Waals surface area contributed by atoms with Crippen molar-refractivity contribution < 1.29 is 14.7 Å². The number of carbonyl (C=O) groups is 2. The summed E-state index contributed by atoms with van der Waals surface area (Å²) in [6, 6.07) is 3.54. The third kappa shape index (κ3) is 2.49. The Labute approximate surface area is 115 Å². The smallest absolute Gasteiger partial charge is 0.303 e. The van der Waals surface area contributed by atoms with E-state index >= 15 is 0 Å². The minimum absolute atomic E-state index is 0.00476. The summed E-state index contributed by atoms with van der Waals surface area (Å²) in [5.74, 6) is -1.13. The molecule has 0 atom stereocenters. The van der Waals surface area contributed by atoms with E-state index in [0.717, 1.165) is 22.2 Å². The molecule has 0 aliphatic carbocycles. The number of aromatic amines is 1. The molecule has 0 aliphatic heterocycles. The van der Waals surface area contributed by atoms with E-state index < -0.39 is 5.97 Å². The van der Waals surface area contributed by atoms with E-state index in [4.69, 9.17) is 16.7 Å². The summed E-state index contributed by atoms with van der Waals surface area (Å²) in [6.45, 7) is 3.69. The predicted molar refractivity (Wildman–Crippen MR) is 74.0 cm³/mol. The van der Waals surface area contributed by atoms with Crippen LogP contribution in [0.1, 0.15) is 34.5 Å². The normalized spacial score (nSPS) is 10.9. The number of carboxylic acid groups (broad SMARTS) is 1. The van der Waals surface area contributed by atoms with Crippen molar-refractivity contribution in [2.45, 2.75) is 26.7 Å². The average molecular weight is 280 g/mol. The molecule has 0 radical (unpaired) electrons. The zero-order chi connectivity index (χ0) is 14.2. The van der Waals surface area contributed by atoms with Gasteiger partial charge in [-0.15, -0.1) is 0 Å². The van der Waals surface area contributed by atoms with E-state index in [9.17, 15) is 9.59 Å². The van der Waals surface area contributed by atoms with Crippen LogP contribution < -0.4 is 0 Å². The van der Waals surface area contributed by atoms with Gasteiger partial charge in [0, 0.05) is 28.1 Å². The van der Waals surface area contributed by atoms with Gasteiger partial charge in [-0.1, -0.05) is 17.7 Å². The van der Waals surface area contributed by atoms with Crippen LogP contribution in [0.2, 0.25) is 5.02 Å². The van der Waals surface area contributed by atoms with Gasteiger partial charge in [-0.3, -0.25) is 9.59 Å². The molecule has 19 heavy (non-hydrogen) atoms. The van der Waals surface area contributed by atoms with Gasteiger partial charge in [-0.25, -0.2) is 0 Å². The van der Waals surface area contributed by atoms with Crippen molar-refractivity contribution in [3.8, 4) is 0 Å². The van der Waals surface area contributed by atoms with Gasteiger partial charge in [0.2, 0.25) is 0 Å². The van der Waals surface area contributed by atoms with Crippen LogP contribution in [0.15, 0.2) is 12.1 Å². The lowest BCUT2D eigenvalue weighted by molar-refractivity contribution is -0.136. The summed E-state index contributed by atoms with van der Waals surface area (Å²) in [4.78, 5) is 25.8. The van der Waals surface area contributed by atoms with Gasteiger partial charge < -0.3 is 10.1 Å². The van der Waals surface area contributed by atoms with Crippen LogP contribution in [0.4, 0.5) is 0 Å². The molecular weight excluding hydrogens is 266 g/mol. The van der Waals surface area contributed by atoms with Crippen LogP contribution in [0.3, 0.4) is 0 Å². The fourth-order valence-electron chi connectivity index (χ4n) is 2.21. The molecule has 0 fully saturated rings. The monoisotopic (exact) mass is 279 g/mol. The van der Waals surface area contributed by atoms with Crippen molar-refractivity contribution in [3.63, 3.8) is 0 Å². The highest BCUT2D eigenvalue weighted by molar-refractivity contribution is 6.32. The second-order valence-electron chi connectivity index (χ2n) is 4.54. The highest BCUT2D eigenvalue weighted by atomic mass is 35.5. The number of rotatable bonds is 4. The topological polar surface area (TPSA) is 70.2 Å². The van der Waals surface area contributed by atoms with Crippen molar-refractivity contribution in [1.29, 1.82) is 0 Å². The fourth-order valence-corrected chi connectivity index (χ4v) is 2.37. The lowest BCUT2D eigenvalue weighted by atomic mass is 10.0. The van der Waals surface area contributed by atoms with Crippen LogP contribution in [0.5, 0.6) is 0 Å². The zero-order valence-electron chi connectivity index (χ0n) is 10.7. The van der Waals surface area contributed by atoms with Gasteiger partial charge >= 0.3 is 5.97 Å². The molecule has 1 aromatic carbocycles. The fraction of sp³-hybridized carbons (Fsp3) is 0.286. The molecule has 0 saturated carbocycles. The molecule has 2 aromatic rings. The quantitative estimate of drug-likeness (QED) is 0.842. The van der Waals surface area contributed by atoms with Crippen LogP contribution in [0, 0.1) is 13.8 Å². The number of carbonyl (C=O) groups excluding carboxylic acids is 1. The molecular formula is C14H14ClNO3. The molecule has 1 heterocycles. The minimum Gasteiger partial charge on any atom is -0.481 e. The third-order valence-corrected chi connectivity index (χ3v) is 3.61. The summed E-state index contributed by atoms with van der Waals surface area (Å²) in [5, 5.41) is 10.1. The Hall–Kier alpha value is -1.81. The van der Waals surface area contributed by atoms with E-state index in [2.05, 4.69) is 4.98 Å². The molecule has 100 valence electrons. The number of H-pyrrole nitrogens is 1.